The molecular formula is C60H110O6. The lowest BCUT2D eigenvalue weighted by atomic mass is 10.0. The van der Waals surface area contributed by atoms with Gasteiger partial charge >= 0.3 is 17.9 Å². The summed E-state index contributed by atoms with van der Waals surface area (Å²) in [5.74, 6) is -0.877. The van der Waals surface area contributed by atoms with Gasteiger partial charge in [-0.1, -0.05) is 250 Å². The molecule has 0 rings (SSSR count). The third-order valence-electron chi connectivity index (χ3n) is 12.9. The zero-order valence-corrected chi connectivity index (χ0v) is 44.2. The second-order valence-corrected chi connectivity index (χ2v) is 19.6. The zero-order chi connectivity index (χ0) is 47.9. The standard InChI is InChI=1S/C60H110O6/c1-4-7-10-13-16-19-22-25-28-29-30-33-35-38-41-44-47-50-53-59(62)65-56-57(66-60(63)54-51-48-45-42-39-36-32-27-24-21-18-15-12-9-6-3)55-64-58(61)52-49-46-43-40-37-34-31-26-23-20-17-14-11-8-5-2/h18,21,27-29,32,57H,4-17,19-20,22-26,30-31,33-56H2,1-3H3/b21-18-,29-28-,32-27-. The number of hydrogen-bond donors (Lipinski definition) is 0. The fourth-order valence-electron chi connectivity index (χ4n) is 8.47. The smallest absolute Gasteiger partial charge is 0.306 e. The second kappa shape index (κ2) is 55.2. The Morgan fingerprint density at radius 3 is 0.879 bits per heavy atom. The average molecular weight is 928 g/mol. The molecule has 0 saturated carbocycles. The Morgan fingerprint density at radius 2 is 0.545 bits per heavy atom. The molecule has 0 heterocycles. The van der Waals surface area contributed by atoms with Gasteiger partial charge in [0.1, 0.15) is 13.2 Å². The van der Waals surface area contributed by atoms with Crippen LogP contribution in [-0.4, -0.2) is 37.2 Å². The summed E-state index contributed by atoms with van der Waals surface area (Å²) in [5.41, 5.74) is 0. The summed E-state index contributed by atoms with van der Waals surface area (Å²) in [4.78, 5) is 38.1. The molecule has 66 heavy (non-hydrogen) atoms. The molecule has 0 aliphatic rings. The molecule has 0 fully saturated rings. The molecule has 0 spiro atoms. The van der Waals surface area contributed by atoms with Gasteiger partial charge in [0.15, 0.2) is 6.10 Å². The number of unbranched alkanes of at least 4 members (excludes halogenated alkanes) is 36. The van der Waals surface area contributed by atoms with Gasteiger partial charge in [-0.05, 0) is 77.0 Å². The van der Waals surface area contributed by atoms with E-state index in [1.165, 1.54) is 186 Å². The van der Waals surface area contributed by atoms with E-state index in [9.17, 15) is 14.4 Å². The van der Waals surface area contributed by atoms with Gasteiger partial charge in [-0.3, -0.25) is 14.4 Å². The monoisotopic (exact) mass is 927 g/mol. The summed E-state index contributed by atoms with van der Waals surface area (Å²) in [6.45, 7) is 6.64. The number of carbonyl (C=O) groups excluding carboxylic acids is 3. The lowest BCUT2D eigenvalue weighted by Gasteiger charge is -2.18. The lowest BCUT2D eigenvalue weighted by molar-refractivity contribution is -0.167. The van der Waals surface area contributed by atoms with Crippen LogP contribution in [0.3, 0.4) is 0 Å². The highest BCUT2D eigenvalue weighted by Gasteiger charge is 2.19. The number of ether oxygens (including phenoxy) is 3. The van der Waals surface area contributed by atoms with Gasteiger partial charge in [-0.2, -0.15) is 0 Å². The molecular weight excluding hydrogens is 817 g/mol. The van der Waals surface area contributed by atoms with Gasteiger partial charge in [0.2, 0.25) is 0 Å². The number of carbonyl (C=O) groups is 3. The van der Waals surface area contributed by atoms with E-state index >= 15 is 0 Å². The highest BCUT2D eigenvalue weighted by Crippen LogP contribution is 2.16. The van der Waals surface area contributed by atoms with E-state index in [1.54, 1.807) is 0 Å². The molecule has 6 nitrogen and oxygen atoms in total. The minimum Gasteiger partial charge on any atom is -0.462 e. The molecule has 6 heteroatoms. The molecule has 0 saturated heterocycles. The number of hydrogen-bond acceptors (Lipinski definition) is 6. The van der Waals surface area contributed by atoms with E-state index in [-0.39, 0.29) is 31.1 Å². The van der Waals surface area contributed by atoms with E-state index in [2.05, 4.69) is 57.2 Å². The first-order chi connectivity index (χ1) is 32.5. The summed E-state index contributed by atoms with van der Waals surface area (Å²) in [7, 11) is 0. The Balaban J connectivity index is 4.36. The Hall–Kier alpha value is -2.37. The first-order valence-electron chi connectivity index (χ1n) is 29.0. The van der Waals surface area contributed by atoms with E-state index in [1.807, 2.05) is 0 Å². The maximum absolute atomic E-state index is 12.8. The Morgan fingerprint density at radius 1 is 0.303 bits per heavy atom. The van der Waals surface area contributed by atoms with Gasteiger partial charge in [0, 0.05) is 19.3 Å². The van der Waals surface area contributed by atoms with Crippen LogP contribution < -0.4 is 0 Å². The fraction of sp³-hybridized carbons (Fsp3) is 0.850. The van der Waals surface area contributed by atoms with Crippen molar-refractivity contribution in [2.75, 3.05) is 13.2 Å². The summed E-state index contributed by atoms with van der Waals surface area (Å²) in [6, 6.07) is 0. The molecule has 1 unspecified atom stereocenters. The van der Waals surface area contributed by atoms with Gasteiger partial charge in [0.25, 0.3) is 0 Å². The van der Waals surface area contributed by atoms with Gasteiger partial charge in [0.05, 0.1) is 0 Å². The van der Waals surface area contributed by atoms with E-state index in [4.69, 9.17) is 14.2 Å². The Kier molecular flexibility index (Phi) is 53.2. The molecule has 0 aliphatic heterocycles. The molecule has 386 valence electrons. The van der Waals surface area contributed by atoms with E-state index in [0.29, 0.717) is 19.3 Å². The number of rotatable bonds is 53. The third-order valence-corrected chi connectivity index (χ3v) is 12.9. The fourth-order valence-corrected chi connectivity index (χ4v) is 8.47. The lowest BCUT2D eigenvalue weighted by Crippen LogP contribution is -2.30. The van der Waals surface area contributed by atoms with Crippen LogP contribution in [0.15, 0.2) is 36.5 Å². The van der Waals surface area contributed by atoms with E-state index in [0.717, 1.165) is 83.5 Å². The van der Waals surface area contributed by atoms with Crippen LogP contribution in [-0.2, 0) is 28.6 Å². The number of esters is 3. The normalized spacial score (nSPS) is 12.2. The van der Waals surface area contributed by atoms with Crippen molar-refractivity contribution in [1.82, 2.24) is 0 Å². The topological polar surface area (TPSA) is 78.9 Å². The van der Waals surface area contributed by atoms with Crippen molar-refractivity contribution in [3.05, 3.63) is 36.5 Å². The van der Waals surface area contributed by atoms with Crippen LogP contribution in [0.5, 0.6) is 0 Å². The molecule has 0 aromatic carbocycles. The molecule has 1 atom stereocenters. The highest BCUT2D eigenvalue weighted by atomic mass is 16.6. The molecule has 0 radical (unpaired) electrons. The Labute approximate surface area is 410 Å². The molecule has 0 aliphatic carbocycles. The number of allylic oxidation sites excluding steroid dienone is 6. The third kappa shape index (κ3) is 52.6. The second-order valence-electron chi connectivity index (χ2n) is 19.6. The predicted molar refractivity (Wildman–Crippen MR) is 284 cm³/mol. The first-order valence-corrected chi connectivity index (χ1v) is 29.0. The largest absolute Gasteiger partial charge is 0.462 e. The maximum Gasteiger partial charge on any atom is 0.306 e. The van der Waals surface area contributed by atoms with Gasteiger partial charge < -0.3 is 14.2 Å². The van der Waals surface area contributed by atoms with Crippen LogP contribution >= 0.6 is 0 Å². The van der Waals surface area contributed by atoms with Gasteiger partial charge in [-0.15, -0.1) is 0 Å². The average Bonchev–Trinajstić information content (AvgIpc) is 3.31. The van der Waals surface area contributed by atoms with Crippen LogP contribution in [0.1, 0.15) is 310 Å². The molecule has 0 aromatic heterocycles. The van der Waals surface area contributed by atoms with Crippen molar-refractivity contribution >= 4 is 17.9 Å². The van der Waals surface area contributed by atoms with Crippen LogP contribution in [0.25, 0.3) is 0 Å². The van der Waals surface area contributed by atoms with Crippen molar-refractivity contribution in [3.8, 4) is 0 Å². The molecule has 0 amide bonds. The van der Waals surface area contributed by atoms with Crippen molar-refractivity contribution in [2.24, 2.45) is 0 Å². The quantitative estimate of drug-likeness (QED) is 0.0262. The summed E-state index contributed by atoms with van der Waals surface area (Å²) < 4.78 is 16.9. The highest BCUT2D eigenvalue weighted by molar-refractivity contribution is 5.71. The van der Waals surface area contributed by atoms with Crippen LogP contribution in [0.2, 0.25) is 0 Å². The van der Waals surface area contributed by atoms with Crippen LogP contribution in [0.4, 0.5) is 0 Å². The minimum absolute atomic E-state index is 0.0757. The minimum atomic E-state index is -0.778. The summed E-state index contributed by atoms with van der Waals surface area (Å²) in [6.07, 6.45) is 65.6. The SMILES string of the molecule is CCCCC/C=C\C/C=C\CCCCCCCC(=O)OC(COC(=O)CCCCCCCCC/C=C\CCCCCCCCC)COC(=O)CCCCCCCCCCCCCCCCC. The van der Waals surface area contributed by atoms with Crippen molar-refractivity contribution < 1.29 is 28.6 Å². The van der Waals surface area contributed by atoms with Crippen LogP contribution in [0, 0.1) is 0 Å². The zero-order valence-electron chi connectivity index (χ0n) is 44.2. The first kappa shape index (κ1) is 63.6. The van der Waals surface area contributed by atoms with Crippen molar-refractivity contribution in [1.29, 1.82) is 0 Å². The van der Waals surface area contributed by atoms with E-state index < -0.39 is 6.10 Å². The Bertz CT molecular complexity index is 1110. The summed E-state index contributed by atoms with van der Waals surface area (Å²) >= 11 is 0. The molecule has 0 aromatic rings. The molecule has 0 bridgehead atoms. The summed E-state index contributed by atoms with van der Waals surface area (Å²) in [5, 5.41) is 0. The predicted octanol–water partition coefficient (Wildman–Crippen LogP) is 19.3. The van der Waals surface area contributed by atoms with Crippen molar-refractivity contribution in [2.45, 2.75) is 316 Å². The maximum atomic E-state index is 12.8. The molecule has 0 N–H and O–H groups in total. The van der Waals surface area contributed by atoms with Crippen molar-refractivity contribution in [3.63, 3.8) is 0 Å². The van der Waals surface area contributed by atoms with Gasteiger partial charge in [-0.25, -0.2) is 0 Å².